The molecule has 0 amide bonds. The van der Waals surface area contributed by atoms with Crippen molar-refractivity contribution in [3.63, 3.8) is 0 Å². The third-order valence-corrected chi connectivity index (χ3v) is 1.60. The highest BCUT2D eigenvalue weighted by atomic mass is 35.5. The van der Waals surface area contributed by atoms with Gasteiger partial charge in [-0.05, 0) is 12.1 Å². The standard InChI is InChI=1S/C7H6ClNO2/c8-5-2-6(9)7(11)1-4(5)3-10/h1-3,11H,9H2. The average Bonchev–Trinajstić information content (AvgIpc) is 1.97. The quantitative estimate of drug-likeness (QED) is 0.382. The molecule has 0 radical (unpaired) electrons. The van der Waals surface area contributed by atoms with Crippen molar-refractivity contribution >= 4 is 23.6 Å². The van der Waals surface area contributed by atoms with Crippen molar-refractivity contribution in [3.8, 4) is 5.75 Å². The van der Waals surface area contributed by atoms with Gasteiger partial charge in [-0.3, -0.25) is 4.79 Å². The van der Waals surface area contributed by atoms with Gasteiger partial charge in [-0.1, -0.05) is 11.6 Å². The van der Waals surface area contributed by atoms with Crippen LogP contribution in [0.3, 0.4) is 0 Å². The molecule has 0 aromatic heterocycles. The lowest BCUT2D eigenvalue weighted by atomic mass is 10.2. The first-order chi connectivity index (χ1) is 5.15. The maximum Gasteiger partial charge on any atom is 0.151 e. The van der Waals surface area contributed by atoms with Crippen LogP contribution < -0.4 is 5.73 Å². The van der Waals surface area contributed by atoms with E-state index in [9.17, 15) is 4.79 Å². The molecule has 0 spiro atoms. The van der Waals surface area contributed by atoms with Crippen molar-refractivity contribution in [2.24, 2.45) is 0 Å². The maximum atomic E-state index is 10.3. The van der Waals surface area contributed by atoms with Crippen LogP contribution in [0.4, 0.5) is 5.69 Å². The molecule has 58 valence electrons. The molecular formula is C7H6ClNO2. The van der Waals surface area contributed by atoms with Crippen LogP contribution in [0.1, 0.15) is 10.4 Å². The number of carbonyl (C=O) groups excluding carboxylic acids is 1. The molecule has 0 unspecified atom stereocenters. The second-order valence-corrected chi connectivity index (χ2v) is 2.46. The second-order valence-electron chi connectivity index (χ2n) is 2.05. The molecule has 1 aromatic rings. The molecule has 4 heteroatoms. The molecule has 0 heterocycles. The van der Waals surface area contributed by atoms with Crippen LogP contribution in [0.5, 0.6) is 5.75 Å². The number of halogens is 1. The number of nitrogens with two attached hydrogens (primary N) is 1. The number of hydrogen-bond donors (Lipinski definition) is 2. The van der Waals surface area contributed by atoms with E-state index < -0.39 is 0 Å². The van der Waals surface area contributed by atoms with Gasteiger partial charge in [0.05, 0.1) is 10.7 Å². The Balaban J connectivity index is 3.31. The Labute approximate surface area is 68.4 Å². The second kappa shape index (κ2) is 2.80. The van der Waals surface area contributed by atoms with Gasteiger partial charge in [-0.25, -0.2) is 0 Å². The lowest BCUT2D eigenvalue weighted by Gasteiger charge is -2.00. The van der Waals surface area contributed by atoms with Crippen LogP contribution in [-0.2, 0) is 0 Å². The minimum atomic E-state index is -0.128. The first-order valence-electron chi connectivity index (χ1n) is 2.88. The predicted octanol–water partition coefficient (Wildman–Crippen LogP) is 1.44. The molecule has 0 atom stereocenters. The van der Waals surface area contributed by atoms with E-state index in [1.54, 1.807) is 0 Å². The molecule has 11 heavy (non-hydrogen) atoms. The highest BCUT2D eigenvalue weighted by Gasteiger charge is 2.03. The molecule has 3 N–H and O–H groups in total. The summed E-state index contributed by atoms with van der Waals surface area (Å²) in [6, 6.07) is 2.56. The van der Waals surface area contributed by atoms with E-state index >= 15 is 0 Å². The van der Waals surface area contributed by atoms with Crippen LogP contribution in [0.2, 0.25) is 5.02 Å². The van der Waals surface area contributed by atoms with Gasteiger partial charge in [0, 0.05) is 5.56 Å². The molecule has 0 aliphatic carbocycles. The first kappa shape index (κ1) is 7.88. The Morgan fingerprint density at radius 1 is 1.55 bits per heavy atom. The summed E-state index contributed by atoms with van der Waals surface area (Å²) in [7, 11) is 0. The normalized spacial score (nSPS) is 9.55. The van der Waals surface area contributed by atoms with Gasteiger partial charge >= 0.3 is 0 Å². The van der Waals surface area contributed by atoms with Crippen molar-refractivity contribution in [1.29, 1.82) is 0 Å². The summed E-state index contributed by atoms with van der Waals surface area (Å²) < 4.78 is 0. The number of nitrogen functional groups attached to an aromatic ring is 1. The molecule has 1 aromatic carbocycles. The van der Waals surface area contributed by atoms with E-state index in [1.165, 1.54) is 12.1 Å². The summed E-state index contributed by atoms with van der Waals surface area (Å²) in [6.07, 6.45) is 0.557. The minimum absolute atomic E-state index is 0.128. The largest absolute Gasteiger partial charge is 0.506 e. The Morgan fingerprint density at radius 2 is 2.18 bits per heavy atom. The van der Waals surface area contributed by atoms with Gasteiger partial charge in [0.15, 0.2) is 6.29 Å². The molecular weight excluding hydrogens is 166 g/mol. The monoisotopic (exact) mass is 171 g/mol. The number of rotatable bonds is 1. The van der Waals surface area contributed by atoms with Crippen molar-refractivity contribution < 1.29 is 9.90 Å². The highest BCUT2D eigenvalue weighted by Crippen LogP contribution is 2.26. The summed E-state index contributed by atoms with van der Waals surface area (Å²) in [6.45, 7) is 0. The van der Waals surface area contributed by atoms with Gasteiger partial charge < -0.3 is 10.8 Å². The number of phenols is 1. The van der Waals surface area contributed by atoms with Crippen molar-refractivity contribution in [3.05, 3.63) is 22.7 Å². The van der Waals surface area contributed by atoms with E-state index in [0.717, 1.165) is 0 Å². The number of benzene rings is 1. The number of carbonyl (C=O) groups is 1. The van der Waals surface area contributed by atoms with Crippen molar-refractivity contribution in [2.75, 3.05) is 5.73 Å². The van der Waals surface area contributed by atoms with Gasteiger partial charge in [-0.2, -0.15) is 0 Å². The van der Waals surface area contributed by atoms with Crippen LogP contribution in [-0.4, -0.2) is 11.4 Å². The Morgan fingerprint density at radius 3 is 2.73 bits per heavy atom. The van der Waals surface area contributed by atoms with E-state index in [-0.39, 0.29) is 22.0 Å². The van der Waals surface area contributed by atoms with Crippen LogP contribution in [0, 0.1) is 0 Å². The fraction of sp³-hybridized carbons (Fsp3) is 0. The number of anilines is 1. The first-order valence-corrected chi connectivity index (χ1v) is 3.26. The average molecular weight is 172 g/mol. The zero-order chi connectivity index (χ0) is 8.43. The summed E-state index contributed by atoms with van der Waals surface area (Å²) in [5.74, 6) is -0.128. The van der Waals surface area contributed by atoms with E-state index in [1.807, 2.05) is 0 Å². The van der Waals surface area contributed by atoms with Gasteiger partial charge in [0.2, 0.25) is 0 Å². The lowest BCUT2D eigenvalue weighted by molar-refractivity contribution is 0.112. The van der Waals surface area contributed by atoms with Gasteiger partial charge in [0.25, 0.3) is 0 Å². The van der Waals surface area contributed by atoms with Gasteiger partial charge in [-0.15, -0.1) is 0 Å². The van der Waals surface area contributed by atoms with Crippen molar-refractivity contribution in [1.82, 2.24) is 0 Å². The van der Waals surface area contributed by atoms with Gasteiger partial charge in [0.1, 0.15) is 5.75 Å². The topological polar surface area (TPSA) is 63.3 Å². The smallest absolute Gasteiger partial charge is 0.151 e. The zero-order valence-corrected chi connectivity index (χ0v) is 6.30. The van der Waals surface area contributed by atoms with Crippen LogP contribution in [0.15, 0.2) is 12.1 Å². The molecule has 0 fully saturated rings. The van der Waals surface area contributed by atoms with Crippen LogP contribution in [0.25, 0.3) is 0 Å². The number of hydrogen-bond acceptors (Lipinski definition) is 3. The fourth-order valence-electron chi connectivity index (χ4n) is 0.684. The fourth-order valence-corrected chi connectivity index (χ4v) is 0.900. The van der Waals surface area contributed by atoms with E-state index in [4.69, 9.17) is 22.4 Å². The van der Waals surface area contributed by atoms with E-state index in [2.05, 4.69) is 0 Å². The molecule has 1 rings (SSSR count). The van der Waals surface area contributed by atoms with Crippen molar-refractivity contribution in [2.45, 2.75) is 0 Å². The predicted molar refractivity (Wildman–Crippen MR) is 42.9 cm³/mol. The molecule has 0 saturated heterocycles. The minimum Gasteiger partial charge on any atom is -0.506 e. The Kier molecular flexibility index (Phi) is 2.01. The summed E-state index contributed by atoms with van der Waals surface area (Å²) in [5.41, 5.74) is 5.70. The summed E-state index contributed by atoms with van der Waals surface area (Å²) in [5, 5.41) is 9.26. The third kappa shape index (κ3) is 1.43. The molecule has 0 aliphatic rings. The molecule has 0 saturated carbocycles. The summed E-state index contributed by atoms with van der Waals surface area (Å²) >= 11 is 5.58. The third-order valence-electron chi connectivity index (χ3n) is 1.27. The highest BCUT2D eigenvalue weighted by molar-refractivity contribution is 6.33. The maximum absolute atomic E-state index is 10.3. The Hall–Kier alpha value is -1.22. The SMILES string of the molecule is Nc1cc(Cl)c(C=O)cc1O. The molecule has 3 nitrogen and oxygen atoms in total. The molecule has 0 aliphatic heterocycles. The van der Waals surface area contributed by atoms with E-state index in [0.29, 0.717) is 6.29 Å². The zero-order valence-electron chi connectivity index (χ0n) is 5.54. The number of aldehydes is 1. The molecule has 0 bridgehead atoms. The lowest BCUT2D eigenvalue weighted by Crippen LogP contribution is -1.88. The number of phenolic OH excluding ortho intramolecular Hbond substituents is 1. The number of aromatic hydroxyl groups is 1. The summed E-state index contributed by atoms with van der Waals surface area (Å²) in [4.78, 5) is 10.3. The Bertz CT molecular complexity index is 299. The van der Waals surface area contributed by atoms with Crippen LogP contribution >= 0.6 is 11.6 Å².